The number of piperidine rings is 1. The van der Waals surface area contributed by atoms with Crippen LogP contribution in [0, 0.1) is 0 Å². The van der Waals surface area contributed by atoms with Crippen LogP contribution in [-0.2, 0) is 11.3 Å². The van der Waals surface area contributed by atoms with Crippen LogP contribution in [0.3, 0.4) is 0 Å². The summed E-state index contributed by atoms with van der Waals surface area (Å²) in [5.41, 5.74) is 2.25. The number of carbonyl (C=O) groups is 2. The average Bonchev–Trinajstić information content (AvgIpc) is 3.40. The number of benzene rings is 2. The van der Waals surface area contributed by atoms with Crippen molar-refractivity contribution >= 4 is 58.1 Å². The zero-order chi connectivity index (χ0) is 28.8. The third-order valence-corrected chi connectivity index (χ3v) is 9.18. The summed E-state index contributed by atoms with van der Waals surface area (Å²) in [4.78, 5) is 32.0. The first-order valence-corrected chi connectivity index (χ1v) is 16.0. The maximum atomic E-state index is 13.7. The van der Waals surface area contributed by atoms with Crippen LogP contribution in [0.25, 0.3) is 10.4 Å². The van der Waals surface area contributed by atoms with Gasteiger partial charge < -0.3 is 20.4 Å². The van der Waals surface area contributed by atoms with Gasteiger partial charge in [0.15, 0.2) is 0 Å². The maximum Gasteiger partial charge on any atom is 0.271 e. The number of nitrogens with one attached hydrogen (secondary N) is 2. The molecule has 2 aliphatic rings. The van der Waals surface area contributed by atoms with Crippen LogP contribution >= 0.6 is 46.3 Å². The smallest absolute Gasteiger partial charge is 0.271 e. The second kappa shape index (κ2) is 14.3. The van der Waals surface area contributed by atoms with Crippen molar-refractivity contribution in [1.82, 2.24) is 24.8 Å². The Bertz CT molecular complexity index is 1330. The fourth-order valence-electron chi connectivity index (χ4n) is 5.46. The van der Waals surface area contributed by atoms with Crippen LogP contribution in [0.2, 0.25) is 15.1 Å². The predicted octanol–water partition coefficient (Wildman–Crippen LogP) is 6.14. The molecule has 2 saturated heterocycles. The van der Waals surface area contributed by atoms with Gasteiger partial charge >= 0.3 is 0 Å². The summed E-state index contributed by atoms with van der Waals surface area (Å²) in [5.74, 6) is -0.159. The third-order valence-electron chi connectivity index (χ3n) is 7.65. The highest BCUT2D eigenvalue weighted by molar-refractivity contribution is 7.09. The number of likely N-dealkylation sites (tertiary alicyclic amines) is 1. The van der Waals surface area contributed by atoms with Crippen LogP contribution in [0.15, 0.2) is 48.5 Å². The van der Waals surface area contributed by atoms with E-state index in [4.69, 9.17) is 34.8 Å². The molecule has 3 heterocycles. The second-order valence-electron chi connectivity index (χ2n) is 10.7. The fraction of sp³-hybridized carbons (Fsp3) is 0.433. The van der Waals surface area contributed by atoms with E-state index in [0.717, 1.165) is 35.6 Å². The molecule has 3 aromatic rings. The minimum Gasteiger partial charge on any atom is -0.349 e. The van der Waals surface area contributed by atoms with Gasteiger partial charge in [-0.05, 0) is 97.8 Å². The third kappa shape index (κ3) is 8.43. The van der Waals surface area contributed by atoms with E-state index >= 15 is 0 Å². The van der Waals surface area contributed by atoms with Gasteiger partial charge in [-0.25, -0.2) is 0 Å². The Morgan fingerprint density at radius 1 is 0.976 bits per heavy atom. The SMILES string of the molecule is O=C(NC[C@H]1CCN(Cc2cc(Cl)cc(Cl)c2)C(=O)[C@@H](CCN2CCCCC2)N1)c1cc(-c2ccc(Cl)cc2)sn1. The predicted molar refractivity (Wildman–Crippen MR) is 167 cm³/mol. The summed E-state index contributed by atoms with van der Waals surface area (Å²) in [6.45, 7) is 4.43. The van der Waals surface area contributed by atoms with Crippen molar-refractivity contribution in [2.75, 3.05) is 32.7 Å². The van der Waals surface area contributed by atoms with Crippen LogP contribution in [-0.4, -0.2) is 70.8 Å². The Labute approximate surface area is 260 Å². The highest BCUT2D eigenvalue weighted by Gasteiger charge is 2.31. The molecular formula is C30H34Cl3N5O2S. The van der Waals surface area contributed by atoms with Crippen LogP contribution in [0.1, 0.15) is 48.2 Å². The summed E-state index contributed by atoms with van der Waals surface area (Å²) in [6, 6.07) is 14.3. The summed E-state index contributed by atoms with van der Waals surface area (Å²) < 4.78 is 4.37. The molecule has 0 bridgehead atoms. The molecule has 2 fully saturated rings. The number of hydrogen-bond acceptors (Lipinski definition) is 6. The van der Waals surface area contributed by atoms with Crippen LogP contribution < -0.4 is 10.6 Å². The molecule has 0 saturated carbocycles. The molecule has 0 unspecified atom stereocenters. The van der Waals surface area contributed by atoms with Crippen molar-refractivity contribution in [1.29, 1.82) is 0 Å². The number of carbonyl (C=O) groups excluding carboxylic acids is 2. The van der Waals surface area contributed by atoms with Gasteiger partial charge in [0, 0.05) is 47.3 Å². The summed E-state index contributed by atoms with van der Waals surface area (Å²) in [7, 11) is 0. The Hall–Kier alpha value is -2.20. The van der Waals surface area contributed by atoms with Gasteiger partial charge in [0.05, 0.1) is 10.9 Å². The minimum atomic E-state index is -0.341. The Kier molecular flexibility index (Phi) is 10.6. The van der Waals surface area contributed by atoms with Gasteiger partial charge in [-0.2, -0.15) is 4.37 Å². The molecular weight excluding hydrogens is 601 g/mol. The summed E-state index contributed by atoms with van der Waals surface area (Å²) in [5, 5.41) is 8.38. The van der Waals surface area contributed by atoms with Gasteiger partial charge in [-0.15, -0.1) is 0 Å². The Morgan fingerprint density at radius 3 is 2.44 bits per heavy atom. The average molecular weight is 635 g/mol. The van der Waals surface area contributed by atoms with Crippen molar-refractivity contribution in [3.05, 3.63) is 74.9 Å². The molecule has 0 spiro atoms. The van der Waals surface area contributed by atoms with E-state index in [9.17, 15) is 9.59 Å². The molecule has 2 amide bonds. The van der Waals surface area contributed by atoms with Crippen molar-refractivity contribution in [2.45, 2.75) is 50.7 Å². The van der Waals surface area contributed by atoms with E-state index in [2.05, 4.69) is 19.9 Å². The van der Waals surface area contributed by atoms with E-state index in [1.165, 1.54) is 30.8 Å². The van der Waals surface area contributed by atoms with Gasteiger partial charge in [0.2, 0.25) is 5.91 Å². The first-order valence-electron chi connectivity index (χ1n) is 14.1. The van der Waals surface area contributed by atoms with E-state index in [-0.39, 0.29) is 23.9 Å². The lowest BCUT2D eigenvalue weighted by Gasteiger charge is -2.30. The molecule has 5 rings (SSSR count). The van der Waals surface area contributed by atoms with E-state index in [1.54, 1.807) is 12.1 Å². The Morgan fingerprint density at radius 2 is 1.71 bits per heavy atom. The molecule has 0 radical (unpaired) electrons. The largest absolute Gasteiger partial charge is 0.349 e. The topological polar surface area (TPSA) is 77.6 Å². The van der Waals surface area contributed by atoms with Crippen LogP contribution in [0.5, 0.6) is 0 Å². The Balaban J connectivity index is 1.24. The standard InChI is InChI=1S/C30H34Cl3N5O2S/c31-22-6-4-21(5-7-22)28-17-27(36-41-28)29(39)34-18-25-8-13-38(19-20-14-23(32)16-24(33)15-20)30(40)26(35-25)9-12-37-10-2-1-3-11-37/h4-7,14-17,25-26,35H,1-3,8-13,18-19H2,(H,34,39)/t25-,26-/m1/s1. The zero-order valence-corrected chi connectivity index (χ0v) is 25.8. The molecule has 2 atom stereocenters. The molecule has 1 aromatic heterocycles. The number of halogens is 3. The number of aromatic nitrogens is 1. The van der Waals surface area contributed by atoms with Gasteiger partial charge in [-0.3, -0.25) is 9.59 Å². The second-order valence-corrected chi connectivity index (χ2v) is 12.8. The van der Waals surface area contributed by atoms with Gasteiger partial charge in [-0.1, -0.05) is 53.4 Å². The van der Waals surface area contributed by atoms with Crippen LogP contribution in [0.4, 0.5) is 0 Å². The lowest BCUT2D eigenvalue weighted by Crippen LogP contribution is -2.50. The highest BCUT2D eigenvalue weighted by Crippen LogP contribution is 2.26. The normalized spacial score (nSPS) is 20.2. The molecule has 41 heavy (non-hydrogen) atoms. The molecule has 2 aromatic carbocycles. The number of hydrogen-bond donors (Lipinski definition) is 2. The van der Waals surface area contributed by atoms with E-state index < -0.39 is 0 Å². The van der Waals surface area contributed by atoms with Crippen molar-refractivity contribution < 1.29 is 9.59 Å². The first kappa shape index (κ1) is 30.3. The first-order chi connectivity index (χ1) is 19.8. The summed E-state index contributed by atoms with van der Waals surface area (Å²) in [6.07, 6.45) is 5.10. The fourth-order valence-corrected chi connectivity index (χ4v) is 6.90. The van der Waals surface area contributed by atoms with Gasteiger partial charge in [0.25, 0.3) is 5.91 Å². The maximum absolute atomic E-state index is 13.7. The van der Waals surface area contributed by atoms with Crippen molar-refractivity contribution in [2.24, 2.45) is 0 Å². The van der Waals surface area contributed by atoms with Gasteiger partial charge in [0.1, 0.15) is 5.69 Å². The highest BCUT2D eigenvalue weighted by atomic mass is 35.5. The molecule has 7 nitrogen and oxygen atoms in total. The monoisotopic (exact) mass is 633 g/mol. The zero-order valence-electron chi connectivity index (χ0n) is 22.8. The lowest BCUT2D eigenvalue weighted by atomic mass is 10.1. The molecule has 2 N–H and O–H groups in total. The molecule has 0 aliphatic carbocycles. The number of rotatable bonds is 9. The van der Waals surface area contributed by atoms with Crippen molar-refractivity contribution in [3.63, 3.8) is 0 Å². The molecule has 11 heteroatoms. The minimum absolute atomic E-state index is 0.0587. The lowest BCUT2D eigenvalue weighted by molar-refractivity contribution is -0.133. The molecule has 218 valence electrons. The summed E-state index contributed by atoms with van der Waals surface area (Å²) >= 11 is 19.7. The quantitative estimate of drug-likeness (QED) is 0.296. The number of amides is 2. The van der Waals surface area contributed by atoms with E-state index in [1.807, 2.05) is 41.3 Å². The molecule has 2 aliphatic heterocycles. The van der Waals surface area contributed by atoms with E-state index in [0.29, 0.717) is 53.2 Å². The van der Waals surface area contributed by atoms with Crippen molar-refractivity contribution in [3.8, 4) is 10.4 Å². The number of nitrogens with zero attached hydrogens (tertiary/aromatic N) is 3.